The van der Waals surface area contributed by atoms with E-state index in [1.165, 1.54) is 12.8 Å². The number of hydrogen-bond acceptors (Lipinski definition) is 2. The molecule has 3 nitrogen and oxygen atoms in total. The summed E-state index contributed by atoms with van der Waals surface area (Å²) in [5.74, 6) is 1.41. The molecule has 1 aliphatic carbocycles. The van der Waals surface area contributed by atoms with Gasteiger partial charge in [0.05, 0.1) is 13.2 Å². The fourth-order valence-electron chi connectivity index (χ4n) is 2.70. The van der Waals surface area contributed by atoms with Gasteiger partial charge in [-0.05, 0) is 18.8 Å². The van der Waals surface area contributed by atoms with E-state index in [1.807, 2.05) is 4.90 Å². The summed E-state index contributed by atoms with van der Waals surface area (Å²) < 4.78 is 5.26. The van der Waals surface area contributed by atoms with Crippen LogP contribution in [0.3, 0.4) is 0 Å². The third-order valence-electron chi connectivity index (χ3n) is 3.61. The molecule has 2 unspecified atom stereocenters. The highest BCUT2D eigenvalue weighted by Crippen LogP contribution is 2.29. The molecule has 0 aromatic carbocycles. The van der Waals surface area contributed by atoms with Crippen molar-refractivity contribution in [2.45, 2.75) is 32.6 Å². The number of hydrogen-bond donors (Lipinski definition) is 0. The number of carbonyl (C=O) groups excluding carboxylic acids is 1. The molecule has 15 heavy (non-hydrogen) atoms. The van der Waals surface area contributed by atoms with E-state index in [2.05, 4.69) is 6.92 Å². The molecule has 2 rings (SSSR count). The zero-order valence-corrected chi connectivity index (χ0v) is 9.58. The number of morpholine rings is 1. The van der Waals surface area contributed by atoms with Gasteiger partial charge in [0.2, 0.25) is 5.91 Å². The summed E-state index contributed by atoms with van der Waals surface area (Å²) in [4.78, 5) is 14.2. The van der Waals surface area contributed by atoms with Crippen LogP contribution in [0, 0.1) is 11.8 Å². The molecule has 1 saturated heterocycles. The lowest BCUT2D eigenvalue weighted by Gasteiger charge is -2.33. The number of carbonyl (C=O) groups is 1. The van der Waals surface area contributed by atoms with Crippen molar-refractivity contribution in [1.29, 1.82) is 0 Å². The first kappa shape index (κ1) is 10.9. The van der Waals surface area contributed by atoms with Crippen LogP contribution in [0.2, 0.25) is 0 Å². The highest BCUT2D eigenvalue weighted by molar-refractivity contribution is 5.79. The van der Waals surface area contributed by atoms with Crippen LogP contribution >= 0.6 is 0 Å². The van der Waals surface area contributed by atoms with Crippen LogP contribution in [0.15, 0.2) is 0 Å². The second-order valence-corrected chi connectivity index (χ2v) is 4.91. The predicted octanol–water partition coefficient (Wildman–Crippen LogP) is 1.67. The zero-order chi connectivity index (χ0) is 10.7. The molecule has 2 atom stereocenters. The molecule has 0 radical (unpaired) electrons. The minimum Gasteiger partial charge on any atom is -0.378 e. The largest absolute Gasteiger partial charge is 0.378 e. The summed E-state index contributed by atoms with van der Waals surface area (Å²) in [5, 5.41) is 0. The van der Waals surface area contributed by atoms with Crippen molar-refractivity contribution in [3.8, 4) is 0 Å². The van der Waals surface area contributed by atoms with E-state index in [-0.39, 0.29) is 0 Å². The third-order valence-corrected chi connectivity index (χ3v) is 3.61. The summed E-state index contributed by atoms with van der Waals surface area (Å²) in [6.45, 7) is 5.29. The number of rotatable bonds is 1. The van der Waals surface area contributed by atoms with Crippen molar-refractivity contribution in [2.24, 2.45) is 11.8 Å². The number of nitrogens with zero attached hydrogens (tertiary/aromatic N) is 1. The van der Waals surface area contributed by atoms with E-state index in [9.17, 15) is 4.79 Å². The van der Waals surface area contributed by atoms with E-state index in [0.717, 1.165) is 31.8 Å². The Morgan fingerprint density at radius 3 is 2.67 bits per heavy atom. The summed E-state index contributed by atoms with van der Waals surface area (Å²) in [5.41, 5.74) is 0. The van der Waals surface area contributed by atoms with Crippen molar-refractivity contribution in [2.75, 3.05) is 26.3 Å². The smallest absolute Gasteiger partial charge is 0.225 e. The van der Waals surface area contributed by atoms with Gasteiger partial charge in [-0.15, -0.1) is 0 Å². The monoisotopic (exact) mass is 211 g/mol. The van der Waals surface area contributed by atoms with Gasteiger partial charge >= 0.3 is 0 Å². The van der Waals surface area contributed by atoms with Crippen molar-refractivity contribution >= 4 is 5.91 Å². The SMILES string of the molecule is CC1CCCC(C(=O)N2CCOCC2)C1. The van der Waals surface area contributed by atoms with Gasteiger partial charge < -0.3 is 9.64 Å². The summed E-state index contributed by atoms with van der Waals surface area (Å²) >= 11 is 0. The molecule has 1 saturated carbocycles. The van der Waals surface area contributed by atoms with Crippen LogP contribution in [-0.2, 0) is 9.53 Å². The minimum atomic E-state index is 0.298. The van der Waals surface area contributed by atoms with Crippen LogP contribution in [0.5, 0.6) is 0 Å². The van der Waals surface area contributed by atoms with Gasteiger partial charge in [-0.3, -0.25) is 4.79 Å². The normalized spacial score (nSPS) is 32.7. The topological polar surface area (TPSA) is 29.5 Å². The van der Waals surface area contributed by atoms with Crippen molar-refractivity contribution < 1.29 is 9.53 Å². The Morgan fingerprint density at radius 2 is 2.00 bits per heavy atom. The number of amides is 1. The molecule has 0 aromatic rings. The Balaban J connectivity index is 1.88. The molecule has 0 bridgehead atoms. The fraction of sp³-hybridized carbons (Fsp3) is 0.917. The van der Waals surface area contributed by atoms with Crippen LogP contribution in [0.1, 0.15) is 32.6 Å². The second-order valence-electron chi connectivity index (χ2n) is 4.91. The van der Waals surface area contributed by atoms with E-state index >= 15 is 0 Å². The van der Waals surface area contributed by atoms with Gasteiger partial charge in [-0.25, -0.2) is 0 Å². The molecular weight excluding hydrogens is 190 g/mol. The summed E-state index contributed by atoms with van der Waals surface area (Å²) in [6, 6.07) is 0. The van der Waals surface area contributed by atoms with Gasteiger partial charge in [0.1, 0.15) is 0 Å². The molecule has 2 aliphatic rings. The number of ether oxygens (including phenoxy) is 1. The Kier molecular flexibility index (Phi) is 3.62. The first-order valence-corrected chi connectivity index (χ1v) is 6.14. The molecule has 86 valence electrons. The Hall–Kier alpha value is -0.570. The molecule has 3 heteroatoms. The quantitative estimate of drug-likeness (QED) is 0.660. The molecule has 0 N–H and O–H groups in total. The maximum atomic E-state index is 12.2. The van der Waals surface area contributed by atoms with Crippen LogP contribution < -0.4 is 0 Å². The highest BCUT2D eigenvalue weighted by Gasteiger charge is 2.29. The van der Waals surface area contributed by atoms with E-state index in [1.54, 1.807) is 0 Å². The van der Waals surface area contributed by atoms with Crippen molar-refractivity contribution in [3.05, 3.63) is 0 Å². The average Bonchev–Trinajstić information content (AvgIpc) is 2.29. The van der Waals surface area contributed by atoms with Crippen molar-refractivity contribution in [1.82, 2.24) is 4.90 Å². The standard InChI is InChI=1S/C12H21NO2/c1-10-3-2-4-11(9-10)12(14)13-5-7-15-8-6-13/h10-11H,2-9H2,1H3. The molecule has 0 spiro atoms. The Bertz CT molecular complexity index is 224. The van der Waals surface area contributed by atoms with Gasteiger partial charge in [-0.1, -0.05) is 19.8 Å². The maximum Gasteiger partial charge on any atom is 0.225 e. The van der Waals surface area contributed by atoms with Crippen LogP contribution in [-0.4, -0.2) is 37.1 Å². The zero-order valence-electron chi connectivity index (χ0n) is 9.58. The lowest BCUT2D eigenvalue weighted by atomic mass is 9.81. The highest BCUT2D eigenvalue weighted by atomic mass is 16.5. The average molecular weight is 211 g/mol. The second kappa shape index (κ2) is 4.97. The fourth-order valence-corrected chi connectivity index (χ4v) is 2.70. The molecule has 1 heterocycles. The first-order chi connectivity index (χ1) is 7.27. The predicted molar refractivity (Wildman–Crippen MR) is 58.5 cm³/mol. The van der Waals surface area contributed by atoms with Gasteiger partial charge in [0.25, 0.3) is 0 Å². The van der Waals surface area contributed by atoms with Gasteiger partial charge in [0, 0.05) is 19.0 Å². The molecule has 2 fully saturated rings. The third kappa shape index (κ3) is 2.71. The van der Waals surface area contributed by atoms with Gasteiger partial charge in [-0.2, -0.15) is 0 Å². The molecular formula is C12H21NO2. The Morgan fingerprint density at radius 1 is 1.27 bits per heavy atom. The maximum absolute atomic E-state index is 12.2. The van der Waals surface area contributed by atoms with Crippen LogP contribution in [0.4, 0.5) is 0 Å². The summed E-state index contributed by atoms with van der Waals surface area (Å²) in [7, 11) is 0. The lowest BCUT2D eigenvalue weighted by molar-refractivity contribution is -0.141. The first-order valence-electron chi connectivity index (χ1n) is 6.14. The Labute approximate surface area is 91.8 Å². The van der Waals surface area contributed by atoms with E-state index < -0.39 is 0 Å². The van der Waals surface area contributed by atoms with Crippen molar-refractivity contribution in [3.63, 3.8) is 0 Å². The molecule has 0 aromatic heterocycles. The van der Waals surface area contributed by atoms with E-state index in [0.29, 0.717) is 25.0 Å². The summed E-state index contributed by atoms with van der Waals surface area (Å²) in [6.07, 6.45) is 4.71. The molecule has 1 aliphatic heterocycles. The lowest BCUT2D eigenvalue weighted by Crippen LogP contribution is -2.44. The van der Waals surface area contributed by atoms with E-state index in [4.69, 9.17) is 4.74 Å². The minimum absolute atomic E-state index is 0.298. The molecule has 1 amide bonds. The van der Waals surface area contributed by atoms with Gasteiger partial charge in [0.15, 0.2) is 0 Å². The van der Waals surface area contributed by atoms with Crippen LogP contribution in [0.25, 0.3) is 0 Å².